The second kappa shape index (κ2) is 5.73. The number of ether oxygens (including phenoxy) is 1. The van der Waals surface area contributed by atoms with Crippen LogP contribution in [0.5, 0.6) is 5.75 Å². The lowest BCUT2D eigenvalue weighted by Gasteiger charge is -2.34. The first-order chi connectivity index (χ1) is 11.3. The molecule has 1 aromatic heterocycles. The van der Waals surface area contributed by atoms with Crippen molar-refractivity contribution in [3.63, 3.8) is 0 Å². The molecule has 0 saturated heterocycles. The minimum Gasteiger partial charge on any atom is -0.545 e. The number of benzene rings is 1. The summed E-state index contributed by atoms with van der Waals surface area (Å²) in [5, 5.41) is 17.5. The quantitative estimate of drug-likeness (QED) is 0.923. The smallest absolute Gasteiger partial charge is 0.410 e. The second-order valence-electron chi connectivity index (χ2n) is 5.40. The lowest BCUT2D eigenvalue weighted by Crippen LogP contribution is -2.36. The van der Waals surface area contributed by atoms with Gasteiger partial charge in [0.25, 0.3) is 0 Å². The minimum absolute atomic E-state index is 0.204. The molecule has 2 aromatic rings. The molecule has 0 radical (unpaired) electrons. The van der Waals surface area contributed by atoms with E-state index >= 15 is 0 Å². The zero-order valence-corrected chi connectivity index (χ0v) is 12.5. The highest BCUT2D eigenvalue weighted by Gasteiger charge is 2.46. The molecule has 0 bridgehead atoms. The van der Waals surface area contributed by atoms with E-state index in [9.17, 15) is 23.1 Å². The van der Waals surface area contributed by atoms with Crippen LogP contribution in [0.4, 0.5) is 19.0 Å². The van der Waals surface area contributed by atoms with Gasteiger partial charge >= 0.3 is 6.18 Å². The highest BCUT2D eigenvalue weighted by Crippen LogP contribution is 2.44. The summed E-state index contributed by atoms with van der Waals surface area (Å²) in [6.07, 6.45) is -4.00. The Bertz CT molecular complexity index is 756. The van der Waals surface area contributed by atoms with E-state index in [2.05, 4.69) is 10.4 Å². The van der Waals surface area contributed by atoms with Crippen molar-refractivity contribution >= 4 is 11.8 Å². The van der Waals surface area contributed by atoms with Crippen LogP contribution in [-0.2, 0) is 0 Å². The number of carboxylic acid groups (broad SMARTS) is 1. The average molecular weight is 340 g/mol. The summed E-state index contributed by atoms with van der Waals surface area (Å²) in [6.45, 7) is 0. The largest absolute Gasteiger partial charge is 0.545 e. The highest BCUT2D eigenvalue weighted by molar-refractivity contribution is 5.91. The van der Waals surface area contributed by atoms with Crippen LogP contribution in [0.2, 0.25) is 0 Å². The molecule has 1 aromatic carbocycles. The van der Waals surface area contributed by atoms with Crippen LogP contribution in [0, 0.1) is 0 Å². The molecule has 9 heteroatoms. The van der Waals surface area contributed by atoms with Gasteiger partial charge in [0.15, 0.2) is 6.04 Å². The van der Waals surface area contributed by atoms with Crippen molar-refractivity contribution < 1.29 is 27.8 Å². The maximum Gasteiger partial charge on any atom is 0.410 e. The van der Waals surface area contributed by atoms with Gasteiger partial charge in [-0.25, -0.2) is 4.68 Å². The van der Waals surface area contributed by atoms with E-state index in [1.165, 1.54) is 7.11 Å². The predicted molar refractivity (Wildman–Crippen MR) is 75.6 cm³/mol. The normalized spacial score (nSPS) is 20.2. The van der Waals surface area contributed by atoms with Crippen molar-refractivity contribution in [2.24, 2.45) is 0 Å². The molecule has 3 rings (SSSR count). The van der Waals surface area contributed by atoms with Crippen LogP contribution in [0.25, 0.3) is 0 Å². The summed E-state index contributed by atoms with van der Waals surface area (Å²) < 4.78 is 45.8. The number of nitrogens with zero attached hydrogens (tertiary/aromatic N) is 2. The maximum absolute atomic E-state index is 13.4. The monoisotopic (exact) mass is 340 g/mol. The van der Waals surface area contributed by atoms with Gasteiger partial charge in [0, 0.05) is 6.42 Å². The van der Waals surface area contributed by atoms with E-state index in [1.807, 2.05) is 0 Å². The Balaban J connectivity index is 2.02. The Hall–Kier alpha value is -2.71. The molecule has 0 spiro atoms. The number of aromatic carboxylic acids is 1. The molecule has 0 fully saturated rings. The third-order valence-corrected chi connectivity index (χ3v) is 3.98. The number of halogens is 3. The van der Waals surface area contributed by atoms with E-state index in [0.29, 0.717) is 16.0 Å². The molecular formula is C15H13F3N3O3-. The molecule has 1 aliphatic rings. The summed E-state index contributed by atoms with van der Waals surface area (Å²) >= 11 is 0. The number of carboxylic acids is 1. The lowest BCUT2D eigenvalue weighted by atomic mass is 9.96. The number of carbonyl (C=O) groups is 1. The molecule has 6 nitrogen and oxygen atoms in total. The zero-order valence-electron chi connectivity index (χ0n) is 12.5. The number of hydrogen-bond donors (Lipinski definition) is 1. The minimum atomic E-state index is -4.56. The van der Waals surface area contributed by atoms with Crippen LogP contribution in [0.3, 0.4) is 0 Å². The number of rotatable bonds is 3. The number of aromatic nitrogens is 2. The lowest BCUT2D eigenvalue weighted by molar-refractivity contribution is -0.255. The fraction of sp³-hybridized carbons (Fsp3) is 0.333. The number of hydrogen-bond acceptors (Lipinski definition) is 5. The Kier molecular flexibility index (Phi) is 3.86. The van der Waals surface area contributed by atoms with Crippen molar-refractivity contribution in [1.82, 2.24) is 9.78 Å². The van der Waals surface area contributed by atoms with Gasteiger partial charge in [-0.15, -0.1) is 0 Å². The Morgan fingerprint density at radius 1 is 1.38 bits per heavy atom. The first-order valence-electron chi connectivity index (χ1n) is 7.07. The van der Waals surface area contributed by atoms with Crippen molar-refractivity contribution in [3.8, 4) is 5.75 Å². The van der Waals surface area contributed by atoms with Crippen molar-refractivity contribution in [1.29, 1.82) is 0 Å². The van der Waals surface area contributed by atoms with Gasteiger partial charge in [0.1, 0.15) is 11.6 Å². The number of alkyl halides is 3. The number of carbonyl (C=O) groups excluding carboxylic acids is 1. The van der Waals surface area contributed by atoms with E-state index in [1.54, 1.807) is 24.3 Å². The zero-order chi connectivity index (χ0) is 17.5. The fourth-order valence-corrected chi connectivity index (χ4v) is 2.77. The first kappa shape index (κ1) is 16.2. The SMILES string of the molecule is COc1ccc([C@@H]2C[C@@H](C(F)(F)F)n3ncc(C(=O)[O-])c3N2)cc1. The van der Waals surface area contributed by atoms with Crippen LogP contribution in [-0.4, -0.2) is 29.0 Å². The standard InChI is InChI=1S/C15H14F3N3O3/c1-24-9-4-2-8(3-5-9)11-6-12(15(16,17)18)21-13(20-11)10(7-19-21)14(22)23/h2-5,7,11-12,20H,6H2,1H3,(H,22,23)/p-1/t11-,12-/m0/s1. The third-order valence-electron chi connectivity index (χ3n) is 3.98. The second-order valence-corrected chi connectivity index (χ2v) is 5.40. The molecule has 1 N–H and O–H groups in total. The molecule has 0 amide bonds. The number of fused-ring (bicyclic) bond motifs is 1. The van der Waals surface area contributed by atoms with Crippen molar-refractivity contribution in [2.75, 3.05) is 12.4 Å². The summed E-state index contributed by atoms with van der Waals surface area (Å²) in [6, 6.07) is 3.89. The molecule has 128 valence electrons. The van der Waals surface area contributed by atoms with Crippen LogP contribution < -0.4 is 15.2 Å². The van der Waals surface area contributed by atoms with E-state index in [-0.39, 0.29) is 12.2 Å². The topological polar surface area (TPSA) is 79.2 Å². The molecule has 2 heterocycles. The Morgan fingerprint density at radius 2 is 2.04 bits per heavy atom. The van der Waals surface area contributed by atoms with Crippen molar-refractivity contribution in [2.45, 2.75) is 24.7 Å². The van der Waals surface area contributed by atoms with E-state index in [4.69, 9.17) is 4.74 Å². The molecule has 0 aliphatic carbocycles. The van der Waals surface area contributed by atoms with Crippen LogP contribution in [0.1, 0.15) is 34.4 Å². The number of anilines is 1. The van der Waals surface area contributed by atoms with E-state index < -0.39 is 29.8 Å². The predicted octanol–water partition coefficient (Wildman–Crippen LogP) is 1.92. The Labute approximate surface area is 134 Å². The summed E-state index contributed by atoms with van der Waals surface area (Å²) in [7, 11) is 1.48. The van der Waals surface area contributed by atoms with E-state index in [0.717, 1.165) is 6.20 Å². The molecule has 2 atom stereocenters. The van der Waals surface area contributed by atoms with Crippen LogP contribution >= 0.6 is 0 Å². The Morgan fingerprint density at radius 3 is 2.58 bits per heavy atom. The summed E-state index contributed by atoms with van der Waals surface area (Å²) in [4.78, 5) is 11.1. The van der Waals surface area contributed by atoms with Gasteiger partial charge in [-0.05, 0) is 17.7 Å². The number of methoxy groups -OCH3 is 1. The molecule has 24 heavy (non-hydrogen) atoms. The van der Waals surface area contributed by atoms with Gasteiger partial charge in [0.2, 0.25) is 0 Å². The van der Waals surface area contributed by atoms with Gasteiger partial charge in [-0.1, -0.05) is 12.1 Å². The van der Waals surface area contributed by atoms with Gasteiger partial charge in [-0.3, -0.25) is 0 Å². The van der Waals surface area contributed by atoms with Crippen LogP contribution in [0.15, 0.2) is 30.5 Å². The molecule has 1 aliphatic heterocycles. The van der Waals surface area contributed by atoms with Gasteiger partial charge < -0.3 is 20.0 Å². The molecule has 0 unspecified atom stereocenters. The average Bonchev–Trinajstić information content (AvgIpc) is 2.97. The summed E-state index contributed by atoms with van der Waals surface area (Å²) in [5.41, 5.74) is 0.184. The first-order valence-corrected chi connectivity index (χ1v) is 7.07. The molecule has 0 saturated carbocycles. The fourth-order valence-electron chi connectivity index (χ4n) is 2.77. The third kappa shape index (κ3) is 2.77. The van der Waals surface area contributed by atoms with Gasteiger partial charge in [-0.2, -0.15) is 18.3 Å². The number of nitrogens with one attached hydrogen (secondary N) is 1. The summed E-state index contributed by atoms with van der Waals surface area (Å²) in [5.74, 6) is -1.22. The highest BCUT2D eigenvalue weighted by atomic mass is 19.4. The maximum atomic E-state index is 13.4. The van der Waals surface area contributed by atoms with Crippen molar-refractivity contribution in [3.05, 3.63) is 41.6 Å². The van der Waals surface area contributed by atoms with Gasteiger partial charge in [0.05, 0.1) is 30.9 Å². The molecular weight excluding hydrogens is 327 g/mol.